The van der Waals surface area contributed by atoms with Gasteiger partial charge in [0.05, 0.1) is 12.0 Å². The van der Waals surface area contributed by atoms with Gasteiger partial charge in [-0.2, -0.15) is 0 Å². The lowest BCUT2D eigenvalue weighted by Crippen LogP contribution is -2.43. The van der Waals surface area contributed by atoms with Crippen molar-refractivity contribution in [1.29, 1.82) is 0 Å². The average Bonchev–Trinajstić information content (AvgIpc) is 2.97. The zero-order valence-corrected chi connectivity index (χ0v) is 12.2. The number of benzene rings is 1. The molecule has 0 radical (unpaired) electrons. The number of ether oxygens (including phenoxy) is 2. The number of aromatic nitrogens is 2. The number of carbonyl (C=O) groups excluding carboxylic acids is 1. The zero-order valence-electron chi connectivity index (χ0n) is 12.2. The number of H-pyrrole nitrogens is 1. The van der Waals surface area contributed by atoms with E-state index in [0.29, 0.717) is 17.1 Å². The van der Waals surface area contributed by atoms with Gasteiger partial charge in [0, 0.05) is 23.6 Å². The highest BCUT2D eigenvalue weighted by Crippen LogP contribution is 2.36. The van der Waals surface area contributed by atoms with Gasteiger partial charge in [0.2, 0.25) is 6.79 Å². The predicted molar refractivity (Wildman–Crippen MR) is 80.7 cm³/mol. The van der Waals surface area contributed by atoms with Crippen molar-refractivity contribution < 1.29 is 14.3 Å². The smallest absolute Gasteiger partial charge is 0.251 e. The minimum absolute atomic E-state index is 0.0963. The second-order valence-electron chi connectivity index (χ2n) is 5.74. The molecule has 7 nitrogen and oxygen atoms in total. The third-order valence-corrected chi connectivity index (χ3v) is 4.23. The minimum Gasteiger partial charge on any atom is -0.454 e. The Hall–Kier alpha value is -2.83. The number of fused-ring (bicyclic) bond motifs is 1. The normalized spacial score (nSPS) is 21.6. The first-order chi connectivity index (χ1) is 11.2. The molecule has 0 bridgehead atoms. The maximum atomic E-state index is 12.3. The van der Waals surface area contributed by atoms with Crippen molar-refractivity contribution in [2.24, 2.45) is 0 Å². The Bertz CT molecular complexity index is 811. The van der Waals surface area contributed by atoms with Crippen LogP contribution in [0, 0.1) is 0 Å². The number of rotatable bonds is 3. The first-order valence-electron chi connectivity index (χ1n) is 7.44. The van der Waals surface area contributed by atoms with Gasteiger partial charge in [-0.1, -0.05) is 0 Å². The van der Waals surface area contributed by atoms with E-state index in [0.717, 1.165) is 18.5 Å². The van der Waals surface area contributed by atoms with Gasteiger partial charge in [-0.05, 0) is 31.0 Å². The van der Waals surface area contributed by atoms with Crippen LogP contribution < -0.4 is 20.3 Å². The van der Waals surface area contributed by atoms with Crippen molar-refractivity contribution in [3.8, 4) is 11.5 Å². The lowest BCUT2D eigenvalue weighted by molar-refractivity contribution is 0.0907. The van der Waals surface area contributed by atoms with Gasteiger partial charge in [-0.25, -0.2) is 4.98 Å². The quantitative estimate of drug-likeness (QED) is 0.887. The van der Waals surface area contributed by atoms with Crippen LogP contribution in [0.1, 0.15) is 34.8 Å². The fraction of sp³-hybridized carbons (Fsp3) is 0.312. The summed E-state index contributed by atoms with van der Waals surface area (Å²) in [7, 11) is 0. The molecule has 1 aliphatic heterocycles. The summed E-state index contributed by atoms with van der Waals surface area (Å²) in [5, 5.41) is 2.99. The molecule has 2 aromatic rings. The third-order valence-electron chi connectivity index (χ3n) is 4.23. The summed E-state index contributed by atoms with van der Waals surface area (Å²) in [6.07, 6.45) is 2.98. The van der Waals surface area contributed by atoms with E-state index in [-0.39, 0.29) is 30.2 Å². The van der Waals surface area contributed by atoms with E-state index in [1.807, 2.05) is 0 Å². The summed E-state index contributed by atoms with van der Waals surface area (Å²) >= 11 is 0. The number of hydrogen-bond donors (Lipinski definition) is 2. The van der Waals surface area contributed by atoms with E-state index in [4.69, 9.17) is 9.47 Å². The molecule has 1 saturated carbocycles. The average molecular weight is 313 g/mol. The van der Waals surface area contributed by atoms with E-state index >= 15 is 0 Å². The summed E-state index contributed by atoms with van der Waals surface area (Å²) < 4.78 is 10.5. The van der Waals surface area contributed by atoms with Gasteiger partial charge in [0.1, 0.15) is 0 Å². The fourth-order valence-electron chi connectivity index (χ4n) is 2.89. The van der Waals surface area contributed by atoms with Crippen molar-refractivity contribution in [2.45, 2.75) is 24.8 Å². The molecule has 0 saturated heterocycles. The number of nitrogens with one attached hydrogen (secondary N) is 2. The predicted octanol–water partition coefficient (Wildman–Crippen LogP) is 1.17. The van der Waals surface area contributed by atoms with Crippen LogP contribution in [0.5, 0.6) is 11.5 Å². The zero-order chi connectivity index (χ0) is 15.8. The van der Waals surface area contributed by atoms with Crippen LogP contribution in [-0.4, -0.2) is 28.7 Å². The van der Waals surface area contributed by atoms with Crippen LogP contribution >= 0.6 is 0 Å². The SMILES string of the molecule is O=C(NC1CC(c2cc(=O)[nH]cn2)C1)c1ccc2c(c1)OCO2. The Kier molecular flexibility index (Phi) is 3.25. The van der Waals surface area contributed by atoms with Crippen molar-refractivity contribution in [3.63, 3.8) is 0 Å². The molecule has 0 atom stereocenters. The first kappa shape index (κ1) is 13.8. The van der Waals surface area contributed by atoms with Gasteiger partial charge in [0.25, 0.3) is 11.5 Å². The molecule has 1 fully saturated rings. The summed E-state index contributed by atoms with van der Waals surface area (Å²) in [6, 6.07) is 6.75. The molecule has 118 valence electrons. The molecule has 2 aliphatic rings. The fourth-order valence-corrected chi connectivity index (χ4v) is 2.89. The van der Waals surface area contributed by atoms with Crippen molar-refractivity contribution in [2.75, 3.05) is 6.79 Å². The van der Waals surface area contributed by atoms with E-state index in [9.17, 15) is 9.59 Å². The van der Waals surface area contributed by atoms with Crippen LogP contribution in [0.2, 0.25) is 0 Å². The molecule has 1 aliphatic carbocycles. The summed E-state index contributed by atoms with van der Waals surface area (Å²) in [5.74, 6) is 1.34. The Labute approximate surface area is 131 Å². The monoisotopic (exact) mass is 313 g/mol. The Balaban J connectivity index is 1.37. The van der Waals surface area contributed by atoms with E-state index < -0.39 is 0 Å². The van der Waals surface area contributed by atoms with Crippen LogP contribution in [0.15, 0.2) is 35.4 Å². The molecule has 2 heterocycles. The number of carbonyl (C=O) groups is 1. The maximum Gasteiger partial charge on any atom is 0.251 e. The van der Waals surface area contributed by atoms with Crippen molar-refractivity contribution >= 4 is 5.91 Å². The summed E-state index contributed by atoms with van der Waals surface area (Å²) in [4.78, 5) is 30.2. The molecule has 1 amide bonds. The molecule has 1 aromatic heterocycles. The lowest BCUT2D eigenvalue weighted by Gasteiger charge is -2.35. The molecule has 4 rings (SSSR count). The largest absolute Gasteiger partial charge is 0.454 e. The van der Waals surface area contributed by atoms with E-state index in [1.54, 1.807) is 18.2 Å². The first-order valence-corrected chi connectivity index (χ1v) is 7.44. The van der Waals surface area contributed by atoms with Gasteiger partial charge < -0.3 is 19.8 Å². The molecule has 1 aromatic carbocycles. The second kappa shape index (κ2) is 5.42. The Morgan fingerprint density at radius 3 is 2.87 bits per heavy atom. The number of hydrogen-bond acceptors (Lipinski definition) is 5. The van der Waals surface area contributed by atoms with Crippen LogP contribution in [0.25, 0.3) is 0 Å². The standard InChI is InChI=1S/C16H15N3O4/c20-15-6-12(17-7-18-15)10-3-11(4-10)19-16(21)9-1-2-13-14(5-9)23-8-22-13/h1-2,5-7,10-11H,3-4,8H2,(H,19,21)(H,17,18,20). The number of nitrogens with zero attached hydrogens (tertiary/aromatic N) is 1. The summed E-state index contributed by atoms with van der Waals surface area (Å²) in [6.45, 7) is 0.188. The van der Waals surface area contributed by atoms with Gasteiger partial charge in [0.15, 0.2) is 11.5 Å². The van der Waals surface area contributed by atoms with Crippen LogP contribution in [0.3, 0.4) is 0 Å². The second-order valence-corrected chi connectivity index (χ2v) is 5.74. The Morgan fingerprint density at radius 1 is 1.22 bits per heavy atom. The Morgan fingerprint density at radius 2 is 2.04 bits per heavy atom. The van der Waals surface area contributed by atoms with Crippen LogP contribution in [-0.2, 0) is 0 Å². The third kappa shape index (κ3) is 2.65. The number of aromatic amines is 1. The highest BCUT2D eigenvalue weighted by molar-refractivity contribution is 5.95. The van der Waals surface area contributed by atoms with Gasteiger partial charge in [-0.3, -0.25) is 9.59 Å². The summed E-state index contributed by atoms with van der Waals surface area (Å²) in [5.41, 5.74) is 1.18. The minimum atomic E-state index is -0.150. The van der Waals surface area contributed by atoms with Gasteiger partial charge in [-0.15, -0.1) is 0 Å². The molecule has 23 heavy (non-hydrogen) atoms. The molecular weight excluding hydrogens is 298 g/mol. The number of amides is 1. The van der Waals surface area contributed by atoms with E-state index in [1.165, 1.54) is 12.4 Å². The topological polar surface area (TPSA) is 93.3 Å². The molecular formula is C16H15N3O4. The maximum absolute atomic E-state index is 12.3. The van der Waals surface area contributed by atoms with Crippen molar-refractivity contribution in [3.05, 3.63) is 52.2 Å². The highest BCUT2D eigenvalue weighted by atomic mass is 16.7. The van der Waals surface area contributed by atoms with E-state index in [2.05, 4.69) is 15.3 Å². The molecule has 2 N–H and O–H groups in total. The molecule has 7 heteroatoms. The highest BCUT2D eigenvalue weighted by Gasteiger charge is 2.32. The molecule has 0 spiro atoms. The van der Waals surface area contributed by atoms with Crippen molar-refractivity contribution in [1.82, 2.24) is 15.3 Å². The molecule has 0 unspecified atom stereocenters. The van der Waals surface area contributed by atoms with Crippen LogP contribution in [0.4, 0.5) is 0 Å². The lowest BCUT2D eigenvalue weighted by atomic mass is 9.78. The van der Waals surface area contributed by atoms with Gasteiger partial charge >= 0.3 is 0 Å².